The average molecular weight is 723 g/mol. The first-order valence-corrected chi connectivity index (χ1v) is 14.5. The third kappa shape index (κ3) is 14.0. The summed E-state index contributed by atoms with van der Waals surface area (Å²) in [5.41, 5.74) is -0.520. The van der Waals surface area contributed by atoms with Crippen LogP contribution in [-0.2, 0) is 30.1 Å². The number of carbonyl (C=O) groups excluding carboxylic acids is 2. The minimum absolute atomic E-state index is 0. The smallest absolute Gasteiger partial charge is 1.00 e. The summed E-state index contributed by atoms with van der Waals surface area (Å²) >= 11 is 23.7. The van der Waals surface area contributed by atoms with Gasteiger partial charge in [0.25, 0.3) is 0 Å². The molecule has 2 atom stereocenters. The van der Waals surface area contributed by atoms with E-state index in [1.54, 1.807) is 44.3 Å². The topological polar surface area (TPSA) is 96.9 Å². The van der Waals surface area contributed by atoms with E-state index in [9.17, 15) is 14.7 Å². The minimum Gasteiger partial charge on any atom is -1.00 e. The van der Waals surface area contributed by atoms with Gasteiger partial charge in [0.2, 0.25) is 6.41 Å². The fraction of sp³-hybridized carbons (Fsp3) is 0.400. The second-order valence-corrected chi connectivity index (χ2v) is 10.6. The molecule has 0 saturated carbocycles. The Morgan fingerprint density at radius 3 is 1.86 bits per heavy atom. The number of rotatable bonds is 12. The van der Waals surface area contributed by atoms with Crippen LogP contribution >= 0.6 is 58.8 Å². The predicted octanol–water partition coefficient (Wildman–Crippen LogP) is 3.20. The van der Waals surface area contributed by atoms with Gasteiger partial charge in [-0.15, -0.1) is 25.6 Å². The van der Waals surface area contributed by atoms with Crippen LogP contribution in [0.5, 0.6) is 0 Å². The van der Waals surface area contributed by atoms with E-state index in [0.717, 1.165) is 18.8 Å². The molecule has 2 aromatic carbocycles. The quantitative estimate of drug-likeness (QED) is 0.135. The number of hydrogen-bond donors (Lipinski definition) is 3. The number of halogens is 5. The Bertz CT molecular complexity index is 1140. The zero-order chi connectivity index (χ0) is 30.9. The minimum atomic E-state index is -1.35. The van der Waals surface area contributed by atoms with Crippen LogP contribution in [0.3, 0.4) is 0 Å². The summed E-state index contributed by atoms with van der Waals surface area (Å²) in [6.45, 7) is 11.2. The number of hydrogen-bond acceptors (Lipinski definition) is 6. The van der Waals surface area contributed by atoms with Crippen molar-refractivity contribution < 1.29 is 44.5 Å². The molecule has 0 spiro atoms. The summed E-state index contributed by atoms with van der Waals surface area (Å²) in [6.07, 6.45) is 7.06. The normalized spacial score (nSPS) is 14.0. The van der Waals surface area contributed by atoms with Crippen molar-refractivity contribution in [3.8, 4) is 0 Å². The van der Waals surface area contributed by atoms with E-state index in [0.29, 0.717) is 33.5 Å². The summed E-state index contributed by atoms with van der Waals surface area (Å²) in [4.78, 5) is 23.2. The molecule has 1 heterocycles. The first-order chi connectivity index (χ1) is 19.6. The van der Waals surface area contributed by atoms with E-state index in [1.165, 1.54) is 25.0 Å². The van der Waals surface area contributed by atoms with Crippen molar-refractivity contribution in [2.45, 2.75) is 43.7 Å². The van der Waals surface area contributed by atoms with Gasteiger partial charge < -0.3 is 26.6 Å². The van der Waals surface area contributed by atoms with Crippen molar-refractivity contribution >= 4 is 88.6 Å². The van der Waals surface area contributed by atoms with Crippen LogP contribution in [-0.4, -0.2) is 68.3 Å². The zero-order valence-electron chi connectivity index (χ0n) is 25.8. The first-order valence-electron chi connectivity index (χ1n) is 13.0. The van der Waals surface area contributed by atoms with Crippen LogP contribution in [0.4, 0.5) is 0 Å². The molecule has 1 aliphatic heterocycles. The van der Waals surface area contributed by atoms with Crippen molar-refractivity contribution in [3.63, 3.8) is 0 Å². The number of benzene rings is 2. The maximum absolute atomic E-state index is 12.3. The number of likely N-dealkylation sites (N-methyl/N-ethyl adjacent to an activating group) is 1. The molecule has 1 fully saturated rings. The van der Waals surface area contributed by atoms with Crippen LogP contribution in [0.25, 0.3) is 0 Å². The van der Waals surface area contributed by atoms with Gasteiger partial charge in [-0.2, -0.15) is 0 Å². The molecule has 2 unspecified atom stereocenters. The van der Waals surface area contributed by atoms with Crippen molar-refractivity contribution in [1.29, 1.82) is 0 Å². The molecule has 7 nitrogen and oxygen atoms in total. The van der Waals surface area contributed by atoms with Gasteiger partial charge in [0.05, 0.1) is 38.8 Å². The second-order valence-electron chi connectivity index (χ2n) is 8.94. The van der Waals surface area contributed by atoms with E-state index in [2.05, 4.69) is 23.8 Å². The third-order valence-electron chi connectivity index (χ3n) is 6.33. The fourth-order valence-corrected chi connectivity index (χ4v) is 4.60. The Kier molecular flexibility index (Phi) is 27.6. The molecule has 0 aromatic heterocycles. The summed E-state index contributed by atoms with van der Waals surface area (Å²) in [5, 5.41) is 16.8. The van der Waals surface area contributed by atoms with Crippen LogP contribution in [0.1, 0.15) is 45.2 Å². The van der Waals surface area contributed by atoms with Crippen molar-refractivity contribution in [2.75, 3.05) is 33.5 Å². The Morgan fingerprint density at radius 2 is 1.50 bits per heavy atom. The first kappa shape index (κ1) is 47.7. The molecule has 1 aliphatic rings. The molecule has 1 amide bonds. The molecule has 1 saturated heterocycles. The van der Waals surface area contributed by atoms with Crippen LogP contribution in [0, 0.1) is 0 Å². The van der Waals surface area contributed by atoms with Crippen molar-refractivity contribution in [3.05, 3.63) is 92.9 Å². The zero-order valence-corrected chi connectivity index (χ0v) is 28.6. The molecule has 0 bridgehead atoms. The van der Waals surface area contributed by atoms with E-state index in [-0.39, 0.29) is 74.7 Å². The van der Waals surface area contributed by atoms with Crippen LogP contribution in [0.2, 0.25) is 20.1 Å². The number of esters is 1. The third-order valence-corrected chi connectivity index (χ3v) is 7.81. The second kappa shape index (κ2) is 25.4. The number of aliphatic hydroxyl groups is 1. The Labute approximate surface area is 311 Å². The number of carbonyl (C=O) groups is 2. The molecule has 3 N–H and O–H groups in total. The molecular weight excluding hydrogens is 680 g/mol. The van der Waals surface area contributed by atoms with Crippen molar-refractivity contribution in [2.24, 2.45) is 0 Å². The maximum atomic E-state index is 12.3. The monoisotopic (exact) mass is 720 g/mol. The molecule has 2 aromatic rings. The van der Waals surface area contributed by atoms with E-state index < -0.39 is 17.0 Å². The Morgan fingerprint density at radius 1 is 1.00 bits per heavy atom. The number of nitrogens with one attached hydrogen (secondary N) is 2. The van der Waals surface area contributed by atoms with E-state index in [1.807, 2.05) is 6.07 Å². The van der Waals surface area contributed by atoms with E-state index in [4.69, 9.17) is 55.9 Å². The van der Waals surface area contributed by atoms with E-state index >= 15 is 0 Å². The largest absolute Gasteiger partial charge is 1.00 e. The van der Waals surface area contributed by atoms with Gasteiger partial charge >= 0.3 is 24.8 Å². The number of amides is 1. The molecular formula is C30H43AlCl5LiN2O5. The summed E-state index contributed by atoms with van der Waals surface area (Å²) < 4.78 is 10.00. The molecule has 0 radical (unpaired) electrons. The fourth-order valence-electron chi connectivity index (χ4n) is 4.00. The van der Waals surface area contributed by atoms with Crippen LogP contribution < -0.4 is 29.5 Å². The number of ether oxygens (including phenoxy) is 2. The summed E-state index contributed by atoms with van der Waals surface area (Å²) in [6, 6.07) is 10.0. The van der Waals surface area contributed by atoms with Gasteiger partial charge in [0, 0.05) is 19.6 Å². The van der Waals surface area contributed by atoms with Crippen LogP contribution in [0.15, 0.2) is 61.7 Å². The predicted molar refractivity (Wildman–Crippen MR) is 186 cm³/mol. The van der Waals surface area contributed by atoms with Gasteiger partial charge in [0.15, 0.2) is 22.9 Å². The molecule has 44 heavy (non-hydrogen) atoms. The Hall–Kier alpha value is -0.680. The summed E-state index contributed by atoms with van der Waals surface area (Å²) in [5.74, 6) is -0.578. The van der Waals surface area contributed by atoms with Gasteiger partial charge in [-0.1, -0.05) is 70.7 Å². The van der Waals surface area contributed by atoms with Gasteiger partial charge in [-0.25, -0.2) is 4.79 Å². The summed E-state index contributed by atoms with van der Waals surface area (Å²) in [7, 11) is 1.79. The standard InChI is InChI=1S/C14H15Cl2NO3.C12H15Cl2NO.C4H8O.Al.ClH.Li.4H/c1-3-7-14(17-9-18,13(19)20-4-2)10-5-6-11(15)12(16)8-10;1-3-6-12(8-16,15-2)9-4-5-10(13)11(14)7-9;1-2-4-5-3-1;;;;;;;/h3,5-6,8-9H,1,4,7H2,2H3,(H,17,18);3-5,7,15-16H,1,6,8H2,2H3;1-4H2;;1H;;;;;/q;;;;;+1;;;;-1. The van der Waals surface area contributed by atoms with Crippen molar-refractivity contribution in [1.82, 2.24) is 10.6 Å². The average Bonchev–Trinajstić information content (AvgIpc) is 3.56. The molecule has 14 heteroatoms. The SMILES string of the molecule is C1CCOC1.C=CCC(CO)(NC)c1ccc(Cl)c(Cl)c1.C=CCC(NC=O)(C(=O)OCC)c1ccc(Cl)c(Cl)c1.Cl.[AlH3].[H-].[Li+]. The molecule has 242 valence electrons. The van der Waals surface area contributed by atoms with Gasteiger partial charge in [-0.3, -0.25) is 4.79 Å². The number of aliphatic hydroxyl groups excluding tert-OH is 1. The van der Waals surface area contributed by atoms with Gasteiger partial charge in [-0.05, 0) is 68.6 Å². The molecule has 3 rings (SSSR count). The Balaban J connectivity index is -0.000000303. The van der Waals surface area contributed by atoms with Gasteiger partial charge in [0.1, 0.15) is 0 Å². The maximum Gasteiger partial charge on any atom is 1.00 e. The molecule has 0 aliphatic carbocycles.